The van der Waals surface area contributed by atoms with Crippen LogP contribution in [0, 0.1) is 6.92 Å². The number of rotatable bonds is 5. The minimum atomic E-state index is 0.0359. The Morgan fingerprint density at radius 1 is 1.00 bits per heavy atom. The minimum absolute atomic E-state index is 0.0359. The van der Waals surface area contributed by atoms with Crippen molar-refractivity contribution >= 4 is 0 Å². The van der Waals surface area contributed by atoms with Crippen LogP contribution in [0.1, 0.15) is 36.2 Å². The SMILES string of the molecule is Cc1ccccc1-c1noc(CN2CCC[C@H]2c2nc(-c3ccccn3)no2)n1. The molecule has 0 aliphatic carbocycles. The highest BCUT2D eigenvalue weighted by Gasteiger charge is 2.32. The molecule has 0 bridgehead atoms. The van der Waals surface area contributed by atoms with Crippen LogP contribution in [-0.2, 0) is 6.54 Å². The molecule has 1 saturated heterocycles. The highest BCUT2D eigenvalue weighted by atomic mass is 16.5. The van der Waals surface area contributed by atoms with E-state index in [1.165, 1.54) is 0 Å². The molecule has 0 unspecified atom stereocenters. The molecule has 1 fully saturated rings. The highest BCUT2D eigenvalue weighted by Crippen LogP contribution is 2.33. The van der Waals surface area contributed by atoms with Gasteiger partial charge in [-0.3, -0.25) is 9.88 Å². The summed E-state index contributed by atoms with van der Waals surface area (Å²) < 4.78 is 11.1. The lowest BCUT2D eigenvalue weighted by atomic mass is 10.1. The van der Waals surface area contributed by atoms with E-state index in [0.717, 1.165) is 30.5 Å². The quantitative estimate of drug-likeness (QED) is 0.509. The maximum absolute atomic E-state index is 5.55. The number of likely N-dealkylation sites (tertiary alicyclic amines) is 1. The summed E-state index contributed by atoms with van der Waals surface area (Å²) in [6, 6.07) is 13.7. The van der Waals surface area contributed by atoms with Gasteiger partial charge in [0.1, 0.15) is 5.69 Å². The van der Waals surface area contributed by atoms with E-state index in [2.05, 4.69) is 30.2 Å². The summed E-state index contributed by atoms with van der Waals surface area (Å²) in [5, 5.41) is 8.26. The molecular formula is C21H20N6O2. The molecule has 4 aromatic rings. The van der Waals surface area contributed by atoms with E-state index in [-0.39, 0.29) is 6.04 Å². The van der Waals surface area contributed by atoms with E-state index in [4.69, 9.17) is 9.05 Å². The maximum atomic E-state index is 5.55. The molecule has 29 heavy (non-hydrogen) atoms. The van der Waals surface area contributed by atoms with Gasteiger partial charge in [-0.25, -0.2) is 0 Å². The molecule has 3 aromatic heterocycles. The van der Waals surface area contributed by atoms with Crippen molar-refractivity contribution in [1.29, 1.82) is 0 Å². The third kappa shape index (κ3) is 3.54. The van der Waals surface area contributed by atoms with Gasteiger partial charge in [0.25, 0.3) is 0 Å². The normalized spacial score (nSPS) is 17.1. The third-order valence-electron chi connectivity index (χ3n) is 5.18. The monoisotopic (exact) mass is 388 g/mol. The zero-order valence-corrected chi connectivity index (χ0v) is 16.0. The summed E-state index contributed by atoms with van der Waals surface area (Å²) in [5.41, 5.74) is 2.80. The van der Waals surface area contributed by atoms with Crippen molar-refractivity contribution in [3.8, 4) is 22.9 Å². The van der Waals surface area contributed by atoms with Gasteiger partial charge in [-0.15, -0.1) is 0 Å². The van der Waals surface area contributed by atoms with E-state index in [1.807, 2.05) is 49.4 Å². The lowest BCUT2D eigenvalue weighted by Crippen LogP contribution is -2.23. The Balaban J connectivity index is 1.33. The number of aromatic nitrogens is 5. The van der Waals surface area contributed by atoms with E-state index >= 15 is 0 Å². The largest absolute Gasteiger partial charge is 0.338 e. The Labute approximate surface area is 167 Å². The van der Waals surface area contributed by atoms with Crippen LogP contribution in [0.4, 0.5) is 0 Å². The fourth-order valence-electron chi connectivity index (χ4n) is 3.69. The predicted octanol–water partition coefficient (Wildman–Crippen LogP) is 3.83. The van der Waals surface area contributed by atoms with Gasteiger partial charge in [0.05, 0.1) is 12.6 Å². The number of hydrogen-bond donors (Lipinski definition) is 0. The first-order valence-corrected chi connectivity index (χ1v) is 9.65. The standard InChI is InChI=1S/C21H20N6O2/c1-14-7-2-3-8-15(14)19-23-18(28-25-19)13-27-12-6-10-17(27)21-24-20(26-29-21)16-9-4-5-11-22-16/h2-5,7-9,11,17H,6,10,12-13H2,1H3/t17-/m0/s1. The van der Waals surface area contributed by atoms with Gasteiger partial charge in [-0.05, 0) is 44.0 Å². The fraction of sp³-hybridized carbons (Fsp3) is 0.286. The lowest BCUT2D eigenvalue weighted by molar-refractivity contribution is 0.179. The highest BCUT2D eigenvalue weighted by molar-refractivity contribution is 5.58. The van der Waals surface area contributed by atoms with Crippen LogP contribution in [-0.4, -0.2) is 36.7 Å². The number of pyridine rings is 1. The van der Waals surface area contributed by atoms with Crippen molar-refractivity contribution < 1.29 is 9.05 Å². The average Bonchev–Trinajstić information content (AvgIpc) is 3.50. The molecule has 8 nitrogen and oxygen atoms in total. The minimum Gasteiger partial charge on any atom is -0.338 e. The molecule has 1 aromatic carbocycles. The van der Waals surface area contributed by atoms with Crippen molar-refractivity contribution in [1.82, 2.24) is 30.2 Å². The zero-order chi connectivity index (χ0) is 19.6. The van der Waals surface area contributed by atoms with Gasteiger partial charge in [-0.2, -0.15) is 9.97 Å². The summed E-state index contributed by atoms with van der Waals surface area (Å²) in [6.45, 7) is 3.50. The molecule has 1 atom stereocenters. The average molecular weight is 388 g/mol. The summed E-state index contributed by atoms with van der Waals surface area (Å²) >= 11 is 0. The molecule has 0 spiro atoms. The van der Waals surface area contributed by atoms with E-state index in [0.29, 0.717) is 35.7 Å². The van der Waals surface area contributed by atoms with Crippen LogP contribution in [0.3, 0.4) is 0 Å². The molecule has 5 rings (SSSR count). The van der Waals surface area contributed by atoms with E-state index in [9.17, 15) is 0 Å². The van der Waals surface area contributed by atoms with Gasteiger partial charge in [-0.1, -0.05) is 40.6 Å². The molecule has 0 saturated carbocycles. The molecule has 1 aliphatic rings. The van der Waals surface area contributed by atoms with Crippen molar-refractivity contribution in [3.05, 3.63) is 66.0 Å². The van der Waals surface area contributed by atoms with Crippen LogP contribution < -0.4 is 0 Å². The first-order chi connectivity index (χ1) is 14.3. The van der Waals surface area contributed by atoms with Crippen molar-refractivity contribution in [2.45, 2.75) is 32.4 Å². The second-order valence-corrected chi connectivity index (χ2v) is 7.13. The number of benzene rings is 1. The maximum Gasteiger partial charge on any atom is 0.244 e. The van der Waals surface area contributed by atoms with E-state index < -0.39 is 0 Å². The smallest absolute Gasteiger partial charge is 0.244 e. The molecule has 8 heteroatoms. The van der Waals surface area contributed by atoms with Crippen LogP contribution in [0.15, 0.2) is 57.7 Å². The third-order valence-corrected chi connectivity index (χ3v) is 5.18. The second kappa shape index (κ2) is 7.56. The van der Waals surface area contributed by atoms with Gasteiger partial charge < -0.3 is 9.05 Å². The first-order valence-electron chi connectivity index (χ1n) is 9.65. The molecule has 146 valence electrons. The fourth-order valence-corrected chi connectivity index (χ4v) is 3.69. The van der Waals surface area contributed by atoms with Gasteiger partial charge in [0.15, 0.2) is 0 Å². The number of nitrogens with zero attached hydrogens (tertiary/aromatic N) is 6. The molecule has 1 aliphatic heterocycles. The zero-order valence-electron chi connectivity index (χ0n) is 16.0. The topological polar surface area (TPSA) is 94.0 Å². The first kappa shape index (κ1) is 17.7. The second-order valence-electron chi connectivity index (χ2n) is 7.13. The number of hydrogen-bond acceptors (Lipinski definition) is 8. The van der Waals surface area contributed by atoms with Crippen molar-refractivity contribution in [2.24, 2.45) is 0 Å². The molecule has 0 radical (unpaired) electrons. The van der Waals surface area contributed by atoms with Crippen LogP contribution >= 0.6 is 0 Å². The number of aryl methyl sites for hydroxylation is 1. The lowest BCUT2D eigenvalue weighted by Gasteiger charge is -2.18. The Morgan fingerprint density at radius 2 is 1.86 bits per heavy atom. The van der Waals surface area contributed by atoms with Gasteiger partial charge >= 0.3 is 0 Å². The van der Waals surface area contributed by atoms with Gasteiger partial charge in [0, 0.05) is 11.8 Å². The Bertz CT molecular complexity index is 1110. The van der Waals surface area contributed by atoms with Crippen molar-refractivity contribution in [3.63, 3.8) is 0 Å². The Hall–Kier alpha value is -3.39. The molecular weight excluding hydrogens is 368 g/mol. The molecule has 0 amide bonds. The van der Waals surface area contributed by atoms with Crippen LogP contribution in [0.25, 0.3) is 22.9 Å². The van der Waals surface area contributed by atoms with Gasteiger partial charge in [0.2, 0.25) is 23.4 Å². The Kier molecular flexibility index (Phi) is 4.61. The van der Waals surface area contributed by atoms with Crippen LogP contribution in [0.2, 0.25) is 0 Å². The summed E-state index contributed by atoms with van der Waals surface area (Å²) in [5.74, 6) is 2.30. The summed E-state index contributed by atoms with van der Waals surface area (Å²) in [6.07, 6.45) is 3.71. The van der Waals surface area contributed by atoms with E-state index in [1.54, 1.807) is 6.20 Å². The van der Waals surface area contributed by atoms with Crippen LogP contribution in [0.5, 0.6) is 0 Å². The Morgan fingerprint density at radius 3 is 2.72 bits per heavy atom. The summed E-state index contributed by atoms with van der Waals surface area (Å²) in [7, 11) is 0. The summed E-state index contributed by atoms with van der Waals surface area (Å²) in [4.78, 5) is 15.7. The molecule has 0 N–H and O–H groups in total. The predicted molar refractivity (Wildman–Crippen MR) is 104 cm³/mol. The molecule has 4 heterocycles. The van der Waals surface area contributed by atoms with Crippen molar-refractivity contribution in [2.75, 3.05) is 6.54 Å².